The Labute approximate surface area is 136 Å². The van der Waals surface area contributed by atoms with Gasteiger partial charge >= 0.3 is 0 Å². The van der Waals surface area contributed by atoms with Gasteiger partial charge in [-0.05, 0) is 31.9 Å². The van der Waals surface area contributed by atoms with Gasteiger partial charge < -0.3 is 0 Å². The number of aliphatic imine (C=N–C) groups is 1. The highest BCUT2D eigenvalue weighted by Crippen LogP contribution is 2.25. The third-order valence-corrected chi connectivity index (χ3v) is 5.70. The van der Waals surface area contributed by atoms with Crippen LogP contribution < -0.4 is 4.72 Å². The predicted molar refractivity (Wildman–Crippen MR) is 87.5 cm³/mol. The van der Waals surface area contributed by atoms with Crippen LogP contribution in [0.4, 0.5) is 0 Å². The molecule has 1 aliphatic carbocycles. The summed E-state index contributed by atoms with van der Waals surface area (Å²) in [7, 11) is -3.73. The fourth-order valence-electron chi connectivity index (χ4n) is 3.11. The summed E-state index contributed by atoms with van der Waals surface area (Å²) in [6.07, 6.45) is 5.09. The molecule has 6 nitrogen and oxygen atoms in total. The van der Waals surface area contributed by atoms with E-state index in [1.165, 1.54) is 6.42 Å². The Balaban J connectivity index is 1.80. The van der Waals surface area contributed by atoms with Crippen LogP contribution >= 0.6 is 0 Å². The number of benzene rings is 1. The molecule has 1 amide bonds. The number of carbonyl (C=O) groups is 1. The number of carbonyl (C=O) groups excluding carboxylic acids is 1. The highest BCUT2D eigenvalue weighted by atomic mass is 32.2. The van der Waals surface area contributed by atoms with Gasteiger partial charge in [0, 0.05) is 6.04 Å². The Morgan fingerprint density at radius 1 is 1.13 bits per heavy atom. The first-order valence-corrected chi connectivity index (χ1v) is 9.42. The molecule has 1 N–H and O–H groups in total. The monoisotopic (exact) mass is 335 g/mol. The van der Waals surface area contributed by atoms with Crippen molar-refractivity contribution in [2.24, 2.45) is 4.99 Å². The molecule has 0 atom stereocenters. The van der Waals surface area contributed by atoms with Gasteiger partial charge in [0.2, 0.25) is 5.96 Å². The second-order valence-electron chi connectivity index (χ2n) is 6.11. The molecule has 1 aromatic carbocycles. The Bertz CT molecular complexity index is 719. The van der Waals surface area contributed by atoms with Crippen LogP contribution in [0.5, 0.6) is 0 Å². The van der Waals surface area contributed by atoms with E-state index in [1.54, 1.807) is 29.2 Å². The number of guanidine groups is 1. The third-order valence-electron chi connectivity index (χ3n) is 4.36. The molecular formula is C16H21N3O3S. The van der Waals surface area contributed by atoms with Gasteiger partial charge in [-0.3, -0.25) is 9.69 Å². The average molecular weight is 335 g/mol. The maximum absolute atomic E-state index is 12.5. The van der Waals surface area contributed by atoms with Gasteiger partial charge in [-0.15, -0.1) is 0 Å². The third kappa shape index (κ3) is 3.39. The number of hydrogen-bond donors (Lipinski definition) is 1. The van der Waals surface area contributed by atoms with E-state index in [2.05, 4.69) is 9.71 Å². The number of rotatable bonds is 3. The summed E-state index contributed by atoms with van der Waals surface area (Å²) in [5.41, 5.74) is 0.987. The van der Waals surface area contributed by atoms with Crippen molar-refractivity contribution in [3.05, 3.63) is 29.8 Å². The molecule has 1 fully saturated rings. The van der Waals surface area contributed by atoms with Gasteiger partial charge in [-0.2, -0.15) is 0 Å². The fraction of sp³-hybridized carbons (Fsp3) is 0.500. The SMILES string of the molecule is Cc1ccc(S(=O)(=O)NC2=NCC(=O)N2C2CCCCC2)cc1. The van der Waals surface area contributed by atoms with Gasteiger partial charge in [0.25, 0.3) is 15.9 Å². The van der Waals surface area contributed by atoms with Crippen molar-refractivity contribution in [3.8, 4) is 0 Å². The van der Waals surface area contributed by atoms with Crippen molar-refractivity contribution in [1.29, 1.82) is 0 Å². The molecule has 3 rings (SSSR count). The van der Waals surface area contributed by atoms with E-state index in [0.29, 0.717) is 0 Å². The molecule has 7 heteroatoms. The zero-order valence-corrected chi connectivity index (χ0v) is 14.0. The Morgan fingerprint density at radius 3 is 2.43 bits per heavy atom. The highest BCUT2D eigenvalue weighted by molar-refractivity contribution is 7.90. The minimum absolute atomic E-state index is 0.0161. The lowest BCUT2D eigenvalue weighted by atomic mass is 9.94. The Kier molecular flexibility index (Phi) is 4.39. The van der Waals surface area contributed by atoms with Crippen LogP contribution in [0.1, 0.15) is 37.7 Å². The first-order chi connectivity index (χ1) is 11.0. The van der Waals surface area contributed by atoms with E-state index in [4.69, 9.17) is 0 Å². The first kappa shape index (κ1) is 16.0. The van der Waals surface area contributed by atoms with Crippen molar-refractivity contribution in [2.75, 3.05) is 6.54 Å². The average Bonchev–Trinajstić information content (AvgIpc) is 2.88. The zero-order valence-electron chi connectivity index (χ0n) is 13.2. The van der Waals surface area contributed by atoms with Crippen molar-refractivity contribution in [1.82, 2.24) is 9.62 Å². The van der Waals surface area contributed by atoms with Crippen LogP contribution in [0.15, 0.2) is 34.2 Å². The van der Waals surface area contributed by atoms with Gasteiger partial charge in [0.05, 0.1) is 4.90 Å². The van der Waals surface area contributed by atoms with Crippen LogP contribution in [0.3, 0.4) is 0 Å². The molecule has 0 saturated heterocycles. The highest BCUT2D eigenvalue weighted by Gasteiger charge is 2.35. The molecule has 2 aliphatic rings. The molecule has 1 aliphatic heterocycles. The molecule has 23 heavy (non-hydrogen) atoms. The molecule has 1 aromatic rings. The van der Waals surface area contributed by atoms with Gasteiger partial charge in [0.15, 0.2) is 0 Å². The molecule has 124 valence electrons. The normalized spacial score (nSPS) is 19.8. The van der Waals surface area contributed by atoms with Gasteiger partial charge in [-0.1, -0.05) is 37.0 Å². The van der Waals surface area contributed by atoms with E-state index in [9.17, 15) is 13.2 Å². The molecule has 1 heterocycles. The molecule has 0 radical (unpaired) electrons. The lowest BCUT2D eigenvalue weighted by molar-refractivity contribution is -0.126. The summed E-state index contributed by atoms with van der Waals surface area (Å²) in [5.74, 6) is 0.0426. The summed E-state index contributed by atoms with van der Waals surface area (Å²) in [6, 6.07) is 6.66. The van der Waals surface area contributed by atoms with E-state index in [0.717, 1.165) is 31.2 Å². The quantitative estimate of drug-likeness (QED) is 0.915. The van der Waals surface area contributed by atoms with Crippen molar-refractivity contribution in [2.45, 2.75) is 50.0 Å². The minimum Gasteiger partial charge on any atom is -0.277 e. The van der Waals surface area contributed by atoms with Crippen molar-refractivity contribution in [3.63, 3.8) is 0 Å². The number of sulfonamides is 1. The Morgan fingerprint density at radius 2 is 1.78 bits per heavy atom. The minimum atomic E-state index is -3.73. The lowest BCUT2D eigenvalue weighted by Gasteiger charge is -2.31. The van der Waals surface area contributed by atoms with E-state index < -0.39 is 10.0 Å². The lowest BCUT2D eigenvalue weighted by Crippen LogP contribution is -2.49. The van der Waals surface area contributed by atoms with Crippen molar-refractivity contribution < 1.29 is 13.2 Å². The largest absolute Gasteiger partial charge is 0.277 e. The van der Waals surface area contributed by atoms with Crippen LogP contribution in [0, 0.1) is 6.92 Å². The number of aryl methyl sites for hydroxylation is 1. The molecule has 1 saturated carbocycles. The van der Waals surface area contributed by atoms with Crippen molar-refractivity contribution >= 4 is 21.9 Å². The topological polar surface area (TPSA) is 78.8 Å². The summed E-state index contributed by atoms with van der Waals surface area (Å²) in [6.45, 7) is 1.91. The number of amides is 1. The molecule has 0 aromatic heterocycles. The summed E-state index contributed by atoms with van der Waals surface area (Å²) < 4.78 is 27.5. The Hall–Kier alpha value is -1.89. The van der Waals surface area contributed by atoms with Crippen LogP contribution in [-0.4, -0.2) is 37.8 Å². The summed E-state index contributed by atoms with van der Waals surface area (Å²) >= 11 is 0. The maximum atomic E-state index is 12.5. The summed E-state index contributed by atoms with van der Waals surface area (Å²) in [4.78, 5) is 18.0. The van der Waals surface area contributed by atoms with Crippen LogP contribution in [0.25, 0.3) is 0 Å². The molecule has 0 bridgehead atoms. The molecule has 0 spiro atoms. The molecule has 0 unspecified atom stereocenters. The fourth-order valence-corrected chi connectivity index (χ4v) is 4.12. The van der Waals surface area contributed by atoms with E-state index in [1.807, 2.05) is 6.92 Å². The predicted octanol–water partition coefficient (Wildman–Crippen LogP) is 1.80. The van der Waals surface area contributed by atoms with Crippen LogP contribution in [-0.2, 0) is 14.8 Å². The van der Waals surface area contributed by atoms with Crippen LogP contribution in [0.2, 0.25) is 0 Å². The van der Waals surface area contributed by atoms with E-state index >= 15 is 0 Å². The zero-order chi connectivity index (χ0) is 16.4. The first-order valence-electron chi connectivity index (χ1n) is 7.93. The van der Waals surface area contributed by atoms with E-state index in [-0.39, 0.29) is 29.3 Å². The summed E-state index contributed by atoms with van der Waals surface area (Å²) in [5, 5.41) is 0. The van der Waals surface area contributed by atoms with Gasteiger partial charge in [0.1, 0.15) is 6.54 Å². The van der Waals surface area contributed by atoms with Gasteiger partial charge in [-0.25, -0.2) is 18.1 Å². The maximum Gasteiger partial charge on any atom is 0.264 e. The second kappa shape index (κ2) is 6.31. The molecular weight excluding hydrogens is 314 g/mol. The number of nitrogens with one attached hydrogen (secondary N) is 1. The standard InChI is InChI=1S/C16H21N3O3S/c1-12-7-9-14(10-8-12)23(21,22)18-16-17-11-15(20)19(16)13-5-3-2-4-6-13/h7-10,13H,2-6,11H2,1H3,(H,17,18). The number of nitrogens with zero attached hydrogens (tertiary/aromatic N) is 2. The smallest absolute Gasteiger partial charge is 0.264 e. The second-order valence-corrected chi connectivity index (χ2v) is 7.80. The number of hydrogen-bond acceptors (Lipinski definition) is 4.